The molecule has 5 heterocycles. The number of amides is 1. The second-order valence-electron chi connectivity index (χ2n) is 9.01. The van der Waals surface area contributed by atoms with Crippen LogP contribution >= 0.6 is 0 Å². The van der Waals surface area contributed by atoms with Crippen LogP contribution in [0.3, 0.4) is 0 Å². The highest BCUT2D eigenvalue weighted by molar-refractivity contribution is 6.03. The number of pyridine rings is 1. The molecule has 12 heteroatoms. The number of fused-ring (bicyclic) bond motifs is 5. The van der Waals surface area contributed by atoms with E-state index in [4.69, 9.17) is 0 Å². The number of benzene rings is 1. The van der Waals surface area contributed by atoms with Crippen LogP contribution in [0.15, 0.2) is 36.5 Å². The minimum atomic E-state index is -4.84. The van der Waals surface area contributed by atoms with Crippen LogP contribution in [-0.2, 0) is 19.6 Å². The van der Waals surface area contributed by atoms with Gasteiger partial charge in [-0.3, -0.25) is 9.48 Å². The maximum atomic E-state index is 14.0. The molecular formula is C24H17F6N5O. The molecule has 0 radical (unpaired) electrons. The van der Waals surface area contributed by atoms with Crippen molar-refractivity contribution in [2.75, 3.05) is 0 Å². The first kappa shape index (κ1) is 22.6. The Morgan fingerprint density at radius 2 is 1.78 bits per heavy atom. The van der Waals surface area contributed by atoms with Crippen molar-refractivity contribution in [3.63, 3.8) is 0 Å². The van der Waals surface area contributed by atoms with E-state index in [-0.39, 0.29) is 17.5 Å². The van der Waals surface area contributed by atoms with Crippen LogP contribution in [0.4, 0.5) is 26.3 Å². The standard InChI is InChI=1S/C24H17F6N5O/c1-33-21(11-8-14(25)19(27)15(26)9-11)13-10-12-5-6-17(20(13)31-33)35(12)23(36)18-16-4-2-3-7-34(16)32-22(18)24(28,29)30/h2-4,7-9,12,17H,5-6,10H2,1H3/t12-,17-/m0/s1. The van der Waals surface area contributed by atoms with Gasteiger partial charge in [-0.05, 0) is 43.5 Å². The predicted octanol–water partition coefficient (Wildman–Crippen LogP) is 5.07. The van der Waals surface area contributed by atoms with Crippen LogP contribution in [0.2, 0.25) is 0 Å². The minimum Gasteiger partial charge on any atom is -0.326 e. The first-order valence-corrected chi connectivity index (χ1v) is 11.1. The smallest absolute Gasteiger partial charge is 0.326 e. The van der Waals surface area contributed by atoms with Gasteiger partial charge >= 0.3 is 6.18 Å². The number of hydrogen-bond donors (Lipinski definition) is 0. The normalized spacial score (nSPS) is 19.2. The van der Waals surface area contributed by atoms with E-state index in [0.29, 0.717) is 29.8 Å². The van der Waals surface area contributed by atoms with E-state index in [1.807, 2.05) is 0 Å². The topological polar surface area (TPSA) is 55.4 Å². The molecule has 0 saturated carbocycles. The van der Waals surface area contributed by atoms with E-state index < -0.39 is 52.9 Å². The van der Waals surface area contributed by atoms with Crippen molar-refractivity contribution in [1.82, 2.24) is 24.3 Å². The van der Waals surface area contributed by atoms with Gasteiger partial charge in [-0.1, -0.05) is 6.07 Å². The Labute approximate surface area is 199 Å². The number of hydrogen-bond acceptors (Lipinski definition) is 3. The van der Waals surface area contributed by atoms with Crippen molar-refractivity contribution in [2.45, 2.75) is 37.5 Å². The summed E-state index contributed by atoms with van der Waals surface area (Å²) in [7, 11) is 1.56. The lowest BCUT2D eigenvalue weighted by molar-refractivity contribution is -0.141. The number of carbonyl (C=O) groups excluding carboxylic acids is 1. The number of halogens is 6. The Balaban J connectivity index is 1.46. The molecule has 4 aromatic rings. The van der Waals surface area contributed by atoms with Crippen LogP contribution in [0.5, 0.6) is 0 Å². The molecule has 0 N–H and O–H groups in total. The lowest BCUT2D eigenvalue weighted by atomic mass is 9.94. The van der Waals surface area contributed by atoms with Crippen molar-refractivity contribution in [3.05, 3.63) is 76.5 Å². The second kappa shape index (κ2) is 7.58. The van der Waals surface area contributed by atoms with Crippen LogP contribution in [0.1, 0.15) is 46.2 Å². The maximum absolute atomic E-state index is 14.0. The third kappa shape index (κ3) is 3.16. The van der Waals surface area contributed by atoms with Crippen LogP contribution in [0, 0.1) is 17.5 Å². The molecule has 2 bridgehead atoms. The van der Waals surface area contributed by atoms with Gasteiger partial charge < -0.3 is 4.90 Å². The highest BCUT2D eigenvalue weighted by Crippen LogP contribution is 2.47. The molecule has 2 aliphatic rings. The van der Waals surface area contributed by atoms with E-state index in [1.165, 1.54) is 34.0 Å². The zero-order valence-electron chi connectivity index (χ0n) is 18.7. The van der Waals surface area contributed by atoms with Crippen molar-refractivity contribution in [3.8, 4) is 11.3 Å². The number of nitrogens with zero attached hydrogens (tertiary/aromatic N) is 5. The molecule has 186 valence electrons. The molecule has 6 rings (SSSR count). The maximum Gasteiger partial charge on any atom is 0.436 e. The lowest BCUT2D eigenvalue weighted by Crippen LogP contribution is -2.42. The van der Waals surface area contributed by atoms with Gasteiger partial charge in [0.15, 0.2) is 23.1 Å². The molecule has 3 aromatic heterocycles. The monoisotopic (exact) mass is 505 g/mol. The van der Waals surface area contributed by atoms with Crippen molar-refractivity contribution >= 4 is 11.4 Å². The predicted molar refractivity (Wildman–Crippen MR) is 114 cm³/mol. The fourth-order valence-corrected chi connectivity index (χ4v) is 5.54. The molecule has 0 unspecified atom stereocenters. The third-order valence-corrected chi connectivity index (χ3v) is 6.95. The van der Waals surface area contributed by atoms with E-state index >= 15 is 0 Å². The Bertz CT molecular complexity index is 1530. The van der Waals surface area contributed by atoms with Gasteiger partial charge in [0.2, 0.25) is 0 Å². The quantitative estimate of drug-likeness (QED) is 0.282. The first-order chi connectivity index (χ1) is 17.1. The highest BCUT2D eigenvalue weighted by atomic mass is 19.4. The van der Waals surface area contributed by atoms with E-state index in [2.05, 4.69) is 10.2 Å². The molecule has 1 fully saturated rings. The average Bonchev–Trinajstić information content (AvgIpc) is 3.47. The summed E-state index contributed by atoms with van der Waals surface area (Å²) in [5, 5.41) is 8.10. The summed E-state index contributed by atoms with van der Waals surface area (Å²) >= 11 is 0. The van der Waals surface area contributed by atoms with E-state index in [9.17, 15) is 31.1 Å². The second-order valence-corrected chi connectivity index (χ2v) is 9.01. The molecule has 36 heavy (non-hydrogen) atoms. The number of rotatable bonds is 2. The number of alkyl halides is 3. The van der Waals surface area contributed by atoms with Crippen molar-refractivity contribution in [1.29, 1.82) is 0 Å². The summed E-state index contributed by atoms with van der Waals surface area (Å²) in [5.41, 5.74) is -0.202. The van der Waals surface area contributed by atoms with Gasteiger partial charge in [-0.2, -0.15) is 23.4 Å². The fourth-order valence-electron chi connectivity index (χ4n) is 5.54. The van der Waals surface area contributed by atoms with Crippen molar-refractivity contribution in [2.24, 2.45) is 7.05 Å². The average molecular weight is 505 g/mol. The fraction of sp³-hybridized carbons (Fsp3) is 0.292. The molecule has 1 amide bonds. The molecule has 1 aromatic carbocycles. The van der Waals surface area contributed by atoms with Crippen LogP contribution in [0.25, 0.3) is 16.8 Å². The third-order valence-electron chi connectivity index (χ3n) is 6.95. The molecule has 0 spiro atoms. The zero-order valence-corrected chi connectivity index (χ0v) is 18.7. The van der Waals surface area contributed by atoms with Crippen molar-refractivity contribution < 1.29 is 31.1 Å². The Morgan fingerprint density at radius 1 is 1.06 bits per heavy atom. The minimum absolute atomic E-state index is 0.0407. The summed E-state index contributed by atoms with van der Waals surface area (Å²) in [4.78, 5) is 15.1. The van der Waals surface area contributed by atoms with Gasteiger partial charge in [0.25, 0.3) is 5.91 Å². The molecule has 1 saturated heterocycles. The number of carbonyl (C=O) groups is 1. The van der Waals surface area contributed by atoms with E-state index in [0.717, 1.165) is 16.6 Å². The summed E-state index contributed by atoms with van der Waals surface area (Å²) < 4.78 is 85.4. The molecule has 0 aliphatic carbocycles. The molecule has 2 atom stereocenters. The number of aromatic nitrogens is 4. The van der Waals surface area contributed by atoms with Gasteiger partial charge in [0.05, 0.1) is 28.5 Å². The summed E-state index contributed by atoms with van der Waals surface area (Å²) in [6.07, 6.45) is -2.29. The Morgan fingerprint density at radius 3 is 2.47 bits per heavy atom. The highest BCUT2D eigenvalue weighted by Gasteiger charge is 2.49. The first-order valence-electron chi connectivity index (χ1n) is 11.1. The van der Waals surface area contributed by atoms with Crippen LogP contribution < -0.4 is 0 Å². The SMILES string of the molecule is Cn1nc2c(c1-c1cc(F)c(F)c(F)c1)C[C@@H]1CC[C@@H]2N1C(=O)c1c(C(F)(F)F)nn2ccccc12. The lowest BCUT2D eigenvalue weighted by Gasteiger charge is -2.34. The van der Waals surface area contributed by atoms with Gasteiger partial charge in [-0.25, -0.2) is 17.7 Å². The van der Waals surface area contributed by atoms with Gasteiger partial charge in [0.1, 0.15) is 0 Å². The number of aryl methyl sites for hydroxylation is 1. The van der Waals surface area contributed by atoms with E-state index in [1.54, 1.807) is 7.05 Å². The summed E-state index contributed by atoms with van der Waals surface area (Å²) in [6, 6.07) is 5.13. The molecular weight excluding hydrogens is 488 g/mol. The summed E-state index contributed by atoms with van der Waals surface area (Å²) in [5.74, 6) is -5.07. The van der Waals surface area contributed by atoms with Crippen LogP contribution in [-0.4, -0.2) is 36.2 Å². The molecule has 2 aliphatic heterocycles. The zero-order chi connectivity index (χ0) is 25.5. The summed E-state index contributed by atoms with van der Waals surface area (Å²) in [6.45, 7) is 0. The largest absolute Gasteiger partial charge is 0.436 e. The van der Waals surface area contributed by atoms with Gasteiger partial charge in [0, 0.05) is 30.4 Å². The Kier molecular flexibility index (Phi) is 4.76. The van der Waals surface area contributed by atoms with Gasteiger partial charge in [-0.15, -0.1) is 0 Å². The Hall–Kier alpha value is -3.83. The molecule has 6 nitrogen and oxygen atoms in total.